The van der Waals surface area contributed by atoms with Crippen LogP contribution >= 0.6 is 0 Å². The maximum absolute atomic E-state index is 13.9. The minimum absolute atomic E-state index is 0.201. The fourth-order valence-corrected chi connectivity index (χ4v) is 4.83. The summed E-state index contributed by atoms with van der Waals surface area (Å²) in [5, 5.41) is 15.2. The molecule has 4 aromatic heterocycles. The SMILES string of the molecule is C=Cc1ccn2nc([C@@H]3C(=C)CCN3c3ncnc4[nH]cc(C#N)c34)n(-c3ccccc3)c(=O)c12. The van der Waals surface area contributed by atoms with Gasteiger partial charge in [0.05, 0.1) is 16.6 Å². The average Bonchev–Trinajstić information content (AvgIpc) is 3.60. The van der Waals surface area contributed by atoms with Crippen molar-refractivity contribution < 1.29 is 0 Å². The molecule has 1 atom stereocenters. The van der Waals surface area contributed by atoms with Crippen LogP contribution in [0.15, 0.2) is 78.6 Å². The molecule has 1 saturated heterocycles. The number of aromatic amines is 1. The van der Waals surface area contributed by atoms with E-state index in [9.17, 15) is 10.1 Å². The van der Waals surface area contributed by atoms with Crippen molar-refractivity contribution >= 4 is 28.4 Å². The third-order valence-electron chi connectivity index (χ3n) is 6.44. The molecule has 0 saturated carbocycles. The summed E-state index contributed by atoms with van der Waals surface area (Å²) < 4.78 is 3.24. The zero-order valence-corrected chi connectivity index (χ0v) is 18.7. The Bertz CT molecular complexity index is 1730. The Morgan fingerprint density at radius 3 is 2.80 bits per heavy atom. The minimum atomic E-state index is -0.443. The first-order valence-electron chi connectivity index (χ1n) is 11.1. The number of fused-ring (bicyclic) bond motifs is 2. The van der Waals surface area contributed by atoms with Crippen molar-refractivity contribution in [2.45, 2.75) is 12.5 Å². The summed E-state index contributed by atoms with van der Waals surface area (Å²) in [5.41, 5.74) is 3.59. The molecule has 0 bridgehead atoms. The van der Waals surface area contributed by atoms with Crippen molar-refractivity contribution in [3.63, 3.8) is 0 Å². The molecule has 9 heteroatoms. The Morgan fingerprint density at radius 1 is 1.20 bits per heavy atom. The number of nitrogens with one attached hydrogen (secondary N) is 1. The van der Waals surface area contributed by atoms with Gasteiger partial charge in [-0.15, -0.1) is 0 Å². The topological polar surface area (TPSA) is 108 Å². The third kappa shape index (κ3) is 3.00. The predicted octanol–water partition coefficient (Wildman–Crippen LogP) is 3.78. The van der Waals surface area contributed by atoms with Gasteiger partial charge in [0.2, 0.25) is 0 Å². The number of H-pyrrole nitrogens is 1. The van der Waals surface area contributed by atoms with E-state index in [-0.39, 0.29) is 5.56 Å². The van der Waals surface area contributed by atoms with E-state index in [1.54, 1.807) is 27.6 Å². The van der Waals surface area contributed by atoms with Crippen LogP contribution in [0.2, 0.25) is 0 Å². The molecule has 1 aliphatic heterocycles. The van der Waals surface area contributed by atoms with Gasteiger partial charge in [0.1, 0.15) is 35.4 Å². The lowest BCUT2D eigenvalue weighted by molar-refractivity contribution is 0.654. The number of hydrogen-bond donors (Lipinski definition) is 1. The molecule has 170 valence electrons. The lowest BCUT2D eigenvalue weighted by Gasteiger charge is -2.28. The first kappa shape index (κ1) is 20.6. The van der Waals surface area contributed by atoms with E-state index in [2.05, 4.69) is 34.2 Å². The summed E-state index contributed by atoms with van der Waals surface area (Å²) in [6, 6.07) is 13.0. The van der Waals surface area contributed by atoms with Crippen LogP contribution in [0.3, 0.4) is 0 Å². The van der Waals surface area contributed by atoms with Crippen molar-refractivity contribution in [1.82, 2.24) is 29.1 Å². The maximum Gasteiger partial charge on any atom is 0.283 e. The number of nitriles is 1. The molecular weight excluding hydrogens is 440 g/mol. The maximum atomic E-state index is 13.9. The summed E-state index contributed by atoms with van der Waals surface area (Å²) in [6.07, 6.45) is 7.20. The first-order chi connectivity index (χ1) is 17.1. The summed E-state index contributed by atoms with van der Waals surface area (Å²) in [6.45, 7) is 8.78. The highest BCUT2D eigenvalue weighted by Gasteiger charge is 2.36. The molecule has 6 rings (SSSR count). The van der Waals surface area contributed by atoms with Gasteiger partial charge < -0.3 is 9.88 Å². The molecule has 5 aromatic rings. The van der Waals surface area contributed by atoms with E-state index in [0.29, 0.717) is 58.0 Å². The van der Waals surface area contributed by atoms with Crippen molar-refractivity contribution in [2.24, 2.45) is 0 Å². The van der Waals surface area contributed by atoms with Gasteiger partial charge in [-0.2, -0.15) is 10.4 Å². The Balaban J connectivity index is 1.65. The van der Waals surface area contributed by atoms with E-state index < -0.39 is 6.04 Å². The van der Waals surface area contributed by atoms with E-state index in [0.717, 1.165) is 5.57 Å². The first-order valence-corrected chi connectivity index (χ1v) is 11.1. The molecule has 0 aliphatic carbocycles. The van der Waals surface area contributed by atoms with E-state index >= 15 is 0 Å². The van der Waals surface area contributed by atoms with E-state index in [1.807, 2.05) is 41.3 Å². The second-order valence-corrected chi connectivity index (χ2v) is 8.34. The highest BCUT2D eigenvalue weighted by atomic mass is 16.1. The van der Waals surface area contributed by atoms with Crippen LogP contribution in [0.5, 0.6) is 0 Å². The van der Waals surface area contributed by atoms with Crippen LogP contribution in [0.1, 0.15) is 29.4 Å². The second-order valence-electron chi connectivity index (χ2n) is 8.34. The van der Waals surface area contributed by atoms with Crippen molar-refractivity contribution in [3.05, 3.63) is 101 Å². The molecule has 1 aliphatic rings. The average molecular weight is 461 g/mol. The summed E-state index contributed by atoms with van der Waals surface area (Å²) >= 11 is 0. The van der Waals surface area contributed by atoms with Gasteiger partial charge in [-0.3, -0.25) is 9.36 Å². The number of para-hydroxylation sites is 1. The van der Waals surface area contributed by atoms with Gasteiger partial charge in [0.15, 0.2) is 5.82 Å². The van der Waals surface area contributed by atoms with Crippen molar-refractivity contribution in [2.75, 3.05) is 11.4 Å². The number of nitrogens with zero attached hydrogens (tertiary/aromatic N) is 7. The quantitative estimate of drug-likeness (QED) is 0.409. The molecule has 1 N–H and O–H groups in total. The highest BCUT2D eigenvalue weighted by molar-refractivity contribution is 5.93. The van der Waals surface area contributed by atoms with Crippen LogP contribution in [0, 0.1) is 11.3 Å². The van der Waals surface area contributed by atoms with Crippen LogP contribution < -0.4 is 10.5 Å². The van der Waals surface area contributed by atoms with Gasteiger partial charge >= 0.3 is 0 Å². The summed E-state index contributed by atoms with van der Waals surface area (Å²) in [4.78, 5) is 27.8. The molecule has 9 nitrogen and oxygen atoms in total. The molecular formula is C26H20N8O. The van der Waals surface area contributed by atoms with Gasteiger partial charge in [-0.05, 0) is 30.2 Å². The van der Waals surface area contributed by atoms with Crippen molar-refractivity contribution in [3.8, 4) is 11.8 Å². The van der Waals surface area contributed by atoms with E-state index in [4.69, 9.17) is 5.10 Å². The summed E-state index contributed by atoms with van der Waals surface area (Å²) in [5.74, 6) is 1.12. The zero-order chi connectivity index (χ0) is 24.1. The minimum Gasteiger partial charge on any atom is -0.345 e. The Hall–Kier alpha value is -4.97. The molecule has 1 fully saturated rings. The van der Waals surface area contributed by atoms with Crippen LogP contribution in [-0.4, -0.2) is 35.7 Å². The highest BCUT2D eigenvalue weighted by Crippen LogP contribution is 2.40. The van der Waals surface area contributed by atoms with Crippen LogP contribution in [0.4, 0.5) is 5.82 Å². The van der Waals surface area contributed by atoms with Gasteiger partial charge in [0.25, 0.3) is 5.56 Å². The lowest BCUT2D eigenvalue weighted by Crippen LogP contribution is -2.33. The monoisotopic (exact) mass is 460 g/mol. The third-order valence-corrected chi connectivity index (χ3v) is 6.44. The standard InChI is InChI=1S/C26H20N8O/c1-3-17-10-12-33-22(17)26(35)34(19-7-5-4-6-8-19)25(31-33)21-16(2)9-11-32(21)24-20-18(13-27)14-28-23(20)29-15-30-24/h3-8,10,12,14-15,21H,1-2,9,11H2,(H,28,29,30)/t21-/m0/s1. The number of benzene rings is 1. The molecule has 0 radical (unpaired) electrons. The lowest BCUT2D eigenvalue weighted by atomic mass is 10.1. The summed E-state index contributed by atoms with van der Waals surface area (Å²) in [7, 11) is 0. The predicted molar refractivity (Wildman–Crippen MR) is 133 cm³/mol. The smallest absolute Gasteiger partial charge is 0.283 e. The fraction of sp³-hybridized carbons (Fsp3) is 0.115. The van der Waals surface area contributed by atoms with Crippen molar-refractivity contribution in [1.29, 1.82) is 5.26 Å². The Kier molecular flexibility index (Phi) is 4.60. The molecule has 1 aromatic carbocycles. The number of rotatable bonds is 4. The largest absolute Gasteiger partial charge is 0.345 e. The molecule has 35 heavy (non-hydrogen) atoms. The van der Waals surface area contributed by atoms with Crippen LogP contribution in [-0.2, 0) is 0 Å². The molecule has 0 unspecified atom stereocenters. The number of anilines is 1. The van der Waals surface area contributed by atoms with E-state index in [1.165, 1.54) is 6.33 Å². The number of hydrogen-bond acceptors (Lipinski definition) is 6. The van der Waals surface area contributed by atoms with Gasteiger partial charge in [-0.25, -0.2) is 14.5 Å². The normalized spacial score (nSPS) is 15.7. The zero-order valence-electron chi connectivity index (χ0n) is 18.7. The Labute approximate surface area is 199 Å². The molecule has 0 spiro atoms. The fourth-order valence-electron chi connectivity index (χ4n) is 4.83. The van der Waals surface area contributed by atoms with Gasteiger partial charge in [-0.1, -0.05) is 37.4 Å². The molecule has 0 amide bonds. The molecule has 5 heterocycles. The Morgan fingerprint density at radius 2 is 2.03 bits per heavy atom. The van der Waals surface area contributed by atoms with Crippen LogP contribution in [0.25, 0.3) is 28.3 Å². The number of aromatic nitrogens is 6. The second kappa shape index (κ2) is 7.81. The van der Waals surface area contributed by atoms with Gasteiger partial charge in [0, 0.05) is 24.5 Å².